The van der Waals surface area contributed by atoms with Crippen LogP contribution in [0.4, 0.5) is 11.4 Å². The summed E-state index contributed by atoms with van der Waals surface area (Å²) in [5, 5.41) is 6.95. The van der Waals surface area contributed by atoms with Crippen molar-refractivity contribution in [2.45, 2.75) is 79.1 Å². The quantitative estimate of drug-likeness (QED) is 0.185. The molecule has 0 spiro atoms. The molecule has 0 radical (unpaired) electrons. The fraction of sp³-hybridized carbons (Fsp3) is 0.351. The molecule has 0 aliphatic heterocycles. The zero-order chi connectivity index (χ0) is 29.7. The minimum Gasteiger partial charge on any atom is -0.355 e. The number of nitrogens with zero attached hydrogens (tertiary/aromatic N) is 1. The van der Waals surface area contributed by atoms with Gasteiger partial charge in [-0.2, -0.15) is 0 Å². The highest BCUT2D eigenvalue weighted by Gasteiger charge is 2.32. The maximum atomic E-state index is 6.00. The van der Waals surface area contributed by atoms with Crippen molar-refractivity contribution in [3.63, 3.8) is 0 Å². The van der Waals surface area contributed by atoms with Crippen molar-refractivity contribution in [2.75, 3.05) is 11.8 Å². The number of hydrogen-bond donors (Lipinski definition) is 1. The molecule has 4 rings (SSSR count). The molecule has 4 aromatic rings. The van der Waals surface area contributed by atoms with Crippen LogP contribution in [0.2, 0.25) is 0 Å². The lowest BCUT2D eigenvalue weighted by Gasteiger charge is -2.35. The lowest BCUT2D eigenvalue weighted by molar-refractivity contribution is 0.835. The highest BCUT2D eigenvalue weighted by Crippen LogP contribution is 2.75. The van der Waals surface area contributed by atoms with Gasteiger partial charge >= 0.3 is 0 Å². The van der Waals surface area contributed by atoms with E-state index in [2.05, 4.69) is 164 Å². The SMILES string of the molecule is CC(C)c1cccc(C(C)C)c1N=P(C)(c1ccccc1)P(Nc1c(C(C)C)cccc1C(C)C)c1ccccc1. The Hall–Kier alpha value is -2.66. The van der Waals surface area contributed by atoms with Crippen LogP contribution in [-0.4, -0.2) is 6.66 Å². The van der Waals surface area contributed by atoms with Gasteiger partial charge in [-0.3, -0.25) is 4.74 Å². The number of para-hydroxylation sites is 1. The summed E-state index contributed by atoms with van der Waals surface area (Å²) >= 11 is 0. The first-order valence-corrected chi connectivity index (χ1v) is 19.3. The second kappa shape index (κ2) is 13.5. The molecule has 0 heterocycles. The van der Waals surface area contributed by atoms with Crippen molar-refractivity contribution < 1.29 is 0 Å². The van der Waals surface area contributed by atoms with Gasteiger partial charge < -0.3 is 5.09 Å². The largest absolute Gasteiger partial charge is 0.355 e. The molecule has 216 valence electrons. The molecule has 2 atom stereocenters. The van der Waals surface area contributed by atoms with Gasteiger partial charge in [-0.1, -0.05) is 152 Å². The summed E-state index contributed by atoms with van der Waals surface area (Å²) in [7, 11) is -0.928. The van der Waals surface area contributed by atoms with Crippen molar-refractivity contribution in [3.8, 4) is 0 Å². The van der Waals surface area contributed by atoms with E-state index >= 15 is 0 Å². The molecule has 0 aromatic heterocycles. The van der Waals surface area contributed by atoms with E-state index in [1.807, 2.05) is 0 Å². The van der Waals surface area contributed by atoms with E-state index in [0.717, 1.165) is 0 Å². The Morgan fingerprint density at radius 1 is 0.537 bits per heavy atom. The fourth-order valence-corrected chi connectivity index (χ4v) is 13.2. The maximum Gasteiger partial charge on any atom is 0.0691 e. The Bertz CT molecular complexity index is 1440. The lowest BCUT2D eigenvalue weighted by atomic mass is 9.93. The monoisotopic (exact) mass is 582 g/mol. The highest BCUT2D eigenvalue weighted by molar-refractivity contribution is 8.40. The summed E-state index contributed by atoms with van der Waals surface area (Å²) in [6.07, 6.45) is 0. The van der Waals surface area contributed by atoms with Crippen molar-refractivity contribution >= 4 is 36.5 Å². The van der Waals surface area contributed by atoms with Crippen LogP contribution in [0.25, 0.3) is 0 Å². The fourth-order valence-electron chi connectivity index (χ4n) is 5.49. The molecular formula is C37H48N2P2. The molecule has 0 aliphatic rings. The molecule has 2 unspecified atom stereocenters. The number of anilines is 1. The third-order valence-electron chi connectivity index (χ3n) is 7.86. The van der Waals surface area contributed by atoms with Gasteiger partial charge in [0.1, 0.15) is 0 Å². The summed E-state index contributed by atoms with van der Waals surface area (Å²) in [4.78, 5) is 0. The van der Waals surface area contributed by atoms with Gasteiger partial charge in [-0.15, -0.1) is 0 Å². The molecule has 4 heteroatoms. The number of rotatable bonds is 10. The molecule has 2 nitrogen and oxygen atoms in total. The van der Waals surface area contributed by atoms with Crippen LogP contribution in [0, 0.1) is 0 Å². The second-order valence-corrected chi connectivity index (χ2v) is 19.8. The van der Waals surface area contributed by atoms with Gasteiger partial charge in [0.05, 0.1) is 13.4 Å². The number of benzene rings is 4. The molecule has 0 saturated heterocycles. The smallest absolute Gasteiger partial charge is 0.0691 e. The maximum absolute atomic E-state index is 6.00. The Kier molecular flexibility index (Phi) is 10.3. The van der Waals surface area contributed by atoms with E-state index in [-0.39, 0.29) is 0 Å². The molecule has 0 fully saturated rings. The summed E-state index contributed by atoms with van der Waals surface area (Å²) in [5.74, 6) is 1.61. The summed E-state index contributed by atoms with van der Waals surface area (Å²) in [5.41, 5.74) is 7.93. The normalized spacial score (nSPS) is 14.0. The van der Waals surface area contributed by atoms with E-state index in [1.54, 1.807) is 0 Å². The predicted molar refractivity (Wildman–Crippen MR) is 187 cm³/mol. The number of nitrogens with one attached hydrogen (secondary N) is 1. The molecular weight excluding hydrogens is 534 g/mol. The van der Waals surface area contributed by atoms with Crippen molar-refractivity contribution in [3.05, 3.63) is 119 Å². The van der Waals surface area contributed by atoms with Crippen molar-refractivity contribution in [1.82, 2.24) is 0 Å². The zero-order valence-corrected chi connectivity index (χ0v) is 28.2. The minimum atomic E-state index is -2.20. The van der Waals surface area contributed by atoms with Crippen LogP contribution < -0.4 is 15.7 Å². The van der Waals surface area contributed by atoms with Crippen LogP contribution >= 0.6 is 14.5 Å². The third-order valence-corrected chi connectivity index (χ3v) is 16.0. The van der Waals surface area contributed by atoms with Crippen LogP contribution in [0.15, 0.2) is 102 Å². The Morgan fingerprint density at radius 2 is 0.951 bits per heavy atom. The molecule has 41 heavy (non-hydrogen) atoms. The molecule has 0 aliphatic carbocycles. The average Bonchev–Trinajstić information content (AvgIpc) is 2.96. The Balaban J connectivity index is 2.11. The van der Waals surface area contributed by atoms with Crippen molar-refractivity contribution in [1.29, 1.82) is 0 Å². The van der Waals surface area contributed by atoms with Crippen LogP contribution in [0.5, 0.6) is 0 Å². The average molecular weight is 583 g/mol. The molecule has 1 N–H and O–H groups in total. The van der Waals surface area contributed by atoms with Gasteiger partial charge in [0.25, 0.3) is 0 Å². The minimum absolute atomic E-state index is 0.391. The lowest BCUT2D eigenvalue weighted by Crippen LogP contribution is -2.15. The van der Waals surface area contributed by atoms with Gasteiger partial charge in [0.2, 0.25) is 0 Å². The first-order chi connectivity index (χ1) is 19.5. The predicted octanol–water partition coefficient (Wildman–Crippen LogP) is 11.7. The van der Waals surface area contributed by atoms with E-state index in [4.69, 9.17) is 4.74 Å². The van der Waals surface area contributed by atoms with Crippen LogP contribution in [0.3, 0.4) is 0 Å². The Morgan fingerprint density at radius 3 is 1.39 bits per heavy atom. The standard InChI is InChI=1S/C37H48N2P2/c1-26(2)32-22-16-23-33(27(3)4)36(32)38-40(30-18-12-10-13-19-30)41(9,31-20-14-11-15-21-31)39-37-34(28(5)6)24-17-25-35(37)29(7)8/h10-29,38H,1-9H3. The van der Waals surface area contributed by atoms with Gasteiger partial charge in [0, 0.05) is 17.7 Å². The van der Waals surface area contributed by atoms with Crippen molar-refractivity contribution in [2.24, 2.45) is 4.74 Å². The number of hydrogen-bond acceptors (Lipinski definition) is 2. The summed E-state index contributed by atoms with van der Waals surface area (Å²) in [6, 6.07) is 35.8. The summed E-state index contributed by atoms with van der Waals surface area (Å²) < 4.78 is 6.00. The molecule has 0 saturated carbocycles. The van der Waals surface area contributed by atoms with E-state index in [0.29, 0.717) is 23.7 Å². The van der Waals surface area contributed by atoms with E-state index in [9.17, 15) is 0 Å². The van der Waals surface area contributed by atoms with Gasteiger partial charge in [-0.05, 0) is 57.9 Å². The summed E-state index contributed by atoms with van der Waals surface area (Å²) in [6.45, 7) is 18.7. The van der Waals surface area contributed by atoms with Gasteiger partial charge in [-0.25, -0.2) is 0 Å². The third kappa shape index (κ3) is 6.88. The van der Waals surface area contributed by atoms with Gasteiger partial charge in [0.15, 0.2) is 0 Å². The first kappa shape index (κ1) is 31.3. The molecule has 4 aromatic carbocycles. The first-order valence-electron chi connectivity index (χ1n) is 15.1. The van der Waals surface area contributed by atoms with E-state index < -0.39 is 14.5 Å². The Labute approximate surface area is 250 Å². The van der Waals surface area contributed by atoms with Crippen LogP contribution in [-0.2, 0) is 0 Å². The molecule has 0 bridgehead atoms. The highest BCUT2D eigenvalue weighted by atomic mass is 32.1. The van der Waals surface area contributed by atoms with Crippen LogP contribution in [0.1, 0.15) is 101 Å². The second-order valence-electron chi connectivity index (χ2n) is 12.3. The molecule has 0 amide bonds. The van der Waals surface area contributed by atoms with E-state index in [1.165, 1.54) is 44.2 Å². The zero-order valence-electron chi connectivity index (χ0n) is 26.4. The topological polar surface area (TPSA) is 24.4 Å².